The summed E-state index contributed by atoms with van der Waals surface area (Å²) in [7, 11) is 0. The number of hydrogen-bond donors (Lipinski definition) is 2. The summed E-state index contributed by atoms with van der Waals surface area (Å²) < 4.78 is 0. The number of nitrogens with one attached hydrogen (secondary N) is 1. The van der Waals surface area contributed by atoms with E-state index in [4.69, 9.17) is 5.11 Å². The van der Waals surface area contributed by atoms with Crippen LogP contribution in [0.2, 0.25) is 0 Å². The lowest BCUT2D eigenvalue weighted by Gasteiger charge is -2.27. The molecule has 1 aromatic heterocycles. The molecule has 2 rings (SSSR count). The van der Waals surface area contributed by atoms with Gasteiger partial charge in [-0.2, -0.15) is 0 Å². The number of carboxylic acid groups (broad SMARTS) is 1. The zero-order valence-electron chi connectivity index (χ0n) is 10.7. The number of aliphatic carboxylic acids is 1. The molecule has 0 aromatic carbocycles. The van der Waals surface area contributed by atoms with E-state index in [2.05, 4.69) is 10.3 Å². The maximum absolute atomic E-state index is 12.1. The molecule has 0 unspecified atom stereocenters. The van der Waals surface area contributed by atoms with E-state index in [-0.39, 0.29) is 5.91 Å². The standard InChI is InChI=1S/C14H18N2O3/c17-13(16-9-10-5-7-15-8-6-10)11-3-1-2-4-12(11)14(18)19/h5-8,11-12H,1-4,9H2,(H,16,17)(H,18,19)/t11-,12-/m0/s1. The minimum Gasteiger partial charge on any atom is -0.481 e. The predicted octanol–water partition coefficient (Wildman–Crippen LogP) is 1.59. The smallest absolute Gasteiger partial charge is 0.307 e. The largest absolute Gasteiger partial charge is 0.481 e. The molecule has 102 valence electrons. The maximum atomic E-state index is 12.1. The Labute approximate surface area is 112 Å². The third-order valence-electron chi connectivity index (χ3n) is 3.64. The van der Waals surface area contributed by atoms with Crippen molar-refractivity contribution in [2.24, 2.45) is 11.8 Å². The van der Waals surface area contributed by atoms with Gasteiger partial charge in [0.1, 0.15) is 0 Å². The van der Waals surface area contributed by atoms with Gasteiger partial charge in [0.15, 0.2) is 0 Å². The van der Waals surface area contributed by atoms with Crippen LogP contribution in [-0.2, 0) is 16.1 Å². The molecular weight excluding hydrogens is 244 g/mol. The van der Waals surface area contributed by atoms with Gasteiger partial charge in [0, 0.05) is 18.9 Å². The lowest BCUT2D eigenvalue weighted by Crippen LogP contribution is -2.39. The number of carbonyl (C=O) groups excluding carboxylic acids is 1. The highest BCUT2D eigenvalue weighted by Crippen LogP contribution is 2.30. The fourth-order valence-corrected chi connectivity index (χ4v) is 2.56. The van der Waals surface area contributed by atoms with Crippen LogP contribution in [-0.4, -0.2) is 22.0 Å². The van der Waals surface area contributed by atoms with Gasteiger partial charge in [-0.05, 0) is 30.5 Å². The number of carbonyl (C=O) groups is 2. The molecule has 1 aromatic rings. The van der Waals surface area contributed by atoms with Crippen LogP contribution >= 0.6 is 0 Å². The highest BCUT2D eigenvalue weighted by molar-refractivity contribution is 5.84. The van der Waals surface area contributed by atoms with Crippen molar-refractivity contribution in [3.05, 3.63) is 30.1 Å². The SMILES string of the molecule is O=C(O)[C@H]1CCCC[C@@H]1C(=O)NCc1ccncc1. The Morgan fingerprint density at radius 1 is 1.21 bits per heavy atom. The summed E-state index contributed by atoms with van der Waals surface area (Å²) in [6.07, 6.45) is 6.42. The number of pyridine rings is 1. The number of hydrogen-bond acceptors (Lipinski definition) is 3. The average molecular weight is 262 g/mol. The summed E-state index contributed by atoms with van der Waals surface area (Å²) >= 11 is 0. The first-order valence-corrected chi connectivity index (χ1v) is 6.58. The van der Waals surface area contributed by atoms with Gasteiger partial charge in [0.05, 0.1) is 11.8 Å². The number of carboxylic acids is 1. The summed E-state index contributed by atoms with van der Waals surface area (Å²) in [5.41, 5.74) is 0.964. The highest BCUT2D eigenvalue weighted by atomic mass is 16.4. The molecule has 2 N–H and O–H groups in total. The number of aromatic nitrogens is 1. The van der Waals surface area contributed by atoms with E-state index in [1.807, 2.05) is 12.1 Å². The van der Waals surface area contributed by atoms with Gasteiger partial charge in [0.2, 0.25) is 5.91 Å². The van der Waals surface area contributed by atoms with Crippen LogP contribution < -0.4 is 5.32 Å². The fraction of sp³-hybridized carbons (Fsp3) is 0.500. The molecule has 19 heavy (non-hydrogen) atoms. The van der Waals surface area contributed by atoms with Crippen LogP contribution in [0.3, 0.4) is 0 Å². The quantitative estimate of drug-likeness (QED) is 0.863. The summed E-state index contributed by atoms with van der Waals surface area (Å²) in [4.78, 5) is 27.2. The molecule has 0 radical (unpaired) electrons. The molecule has 0 spiro atoms. The lowest BCUT2D eigenvalue weighted by molar-refractivity contribution is -0.148. The highest BCUT2D eigenvalue weighted by Gasteiger charge is 2.35. The van der Waals surface area contributed by atoms with Crippen LogP contribution in [0.25, 0.3) is 0 Å². The molecular formula is C14H18N2O3. The van der Waals surface area contributed by atoms with Gasteiger partial charge in [-0.1, -0.05) is 12.8 Å². The molecule has 1 saturated carbocycles. The van der Waals surface area contributed by atoms with Gasteiger partial charge >= 0.3 is 5.97 Å². The van der Waals surface area contributed by atoms with Gasteiger partial charge in [0.25, 0.3) is 0 Å². The minimum absolute atomic E-state index is 0.149. The van der Waals surface area contributed by atoms with Crippen molar-refractivity contribution in [3.8, 4) is 0 Å². The molecule has 2 atom stereocenters. The molecule has 5 nitrogen and oxygen atoms in total. The first-order chi connectivity index (χ1) is 9.18. The second-order valence-electron chi connectivity index (χ2n) is 4.91. The Bertz CT molecular complexity index is 447. The van der Waals surface area contributed by atoms with Gasteiger partial charge in [-0.15, -0.1) is 0 Å². The Balaban J connectivity index is 1.93. The summed E-state index contributed by atoms with van der Waals surface area (Å²) in [5.74, 6) is -1.94. The van der Waals surface area contributed by atoms with Gasteiger partial charge in [-0.3, -0.25) is 14.6 Å². The molecule has 1 heterocycles. The predicted molar refractivity (Wildman–Crippen MR) is 69.2 cm³/mol. The van der Waals surface area contributed by atoms with E-state index in [0.29, 0.717) is 19.4 Å². The zero-order valence-corrected chi connectivity index (χ0v) is 10.7. The lowest BCUT2D eigenvalue weighted by atomic mass is 9.78. The summed E-state index contributed by atoms with van der Waals surface area (Å²) in [5, 5.41) is 12.0. The fourth-order valence-electron chi connectivity index (χ4n) is 2.56. The van der Waals surface area contributed by atoms with E-state index < -0.39 is 17.8 Å². The van der Waals surface area contributed by atoms with Crippen molar-refractivity contribution in [2.75, 3.05) is 0 Å². The van der Waals surface area contributed by atoms with Crippen molar-refractivity contribution < 1.29 is 14.7 Å². The van der Waals surface area contributed by atoms with Crippen LogP contribution in [0, 0.1) is 11.8 Å². The Kier molecular flexibility index (Phi) is 4.49. The normalized spacial score (nSPS) is 22.7. The monoisotopic (exact) mass is 262 g/mol. The topological polar surface area (TPSA) is 79.3 Å². The molecule has 0 bridgehead atoms. The van der Waals surface area contributed by atoms with E-state index >= 15 is 0 Å². The number of rotatable bonds is 4. The Morgan fingerprint density at radius 2 is 1.84 bits per heavy atom. The molecule has 5 heteroatoms. The average Bonchev–Trinajstić information content (AvgIpc) is 2.46. The minimum atomic E-state index is -0.858. The molecule has 1 aliphatic rings. The maximum Gasteiger partial charge on any atom is 0.307 e. The summed E-state index contributed by atoms with van der Waals surface area (Å²) in [6.45, 7) is 0.421. The van der Waals surface area contributed by atoms with Crippen molar-refractivity contribution >= 4 is 11.9 Å². The third kappa shape index (κ3) is 3.53. The van der Waals surface area contributed by atoms with Crippen LogP contribution in [0.15, 0.2) is 24.5 Å². The van der Waals surface area contributed by atoms with E-state index in [0.717, 1.165) is 18.4 Å². The second-order valence-corrected chi connectivity index (χ2v) is 4.91. The first-order valence-electron chi connectivity index (χ1n) is 6.58. The number of nitrogens with zero attached hydrogens (tertiary/aromatic N) is 1. The summed E-state index contributed by atoms with van der Waals surface area (Å²) in [6, 6.07) is 3.66. The van der Waals surface area contributed by atoms with Crippen LogP contribution in [0.1, 0.15) is 31.2 Å². The third-order valence-corrected chi connectivity index (χ3v) is 3.64. The molecule has 0 saturated heterocycles. The molecule has 1 amide bonds. The van der Waals surface area contributed by atoms with E-state index in [9.17, 15) is 9.59 Å². The van der Waals surface area contributed by atoms with Crippen molar-refractivity contribution in [1.82, 2.24) is 10.3 Å². The Morgan fingerprint density at radius 3 is 2.47 bits per heavy atom. The first kappa shape index (κ1) is 13.5. The van der Waals surface area contributed by atoms with Gasteiger partial charge in [-0.25, -0.2) is 0 Å². The van der Waals surface area contributed by atoms with Crippen LogP contribution in [0.5, 0.6) is 0 Å². The van der Waals surface area contributed by atoms with E-state index in [1.54, 1.807) is 12.4 Å². The number of amides is 1. The molecule has 1 fully saturated rings. The molecule has 1 aliphatic carbocycles. The second kappa shape index (κ2) is 6.31. The van der Waals surface area contributed by atoms with Crippen molar-refractivity contribution in [1.29, 1.82) is 0 Å². The van der Waals surface area contributed by atoms with Gasteiger partial charge < -0.3 is 10.4 Å². The Hall–Kier alpha value is -1.91. The van der Waals surface area contributed by atoms with E-state index in [1.165, 1.54) is 0 Å². The molecule has 0 aliphatic heterocycles. The van der Waals surface area contributed by atoms with Crippen molar-refractivity contribution in [2.45, 2.75) is 32.2 Å². The van der Waals surface area contributed by atoms with Crippen LogP contribution in [0.4, 0.5) is 0 Å². The van der Waals surface area contributed by atoms with Crippen molar-refractivity contribution in [3.63, 3.8) is 0 Å². The zero-order chi connectivity index (χ0) is 13.7.